The third-order valence-corrected chi connectivity index (χ3v) is 5.78. The Morgan fingerprint density at radius 1 is 1.46 bits per heavy atom. The number of aromatic nitrogens is 2. The van der Waals surface area contributed by atoms with Crippen molar-refractivity contribution in [3.05, 3.63) is 27.1 Å². The van der Waals surface area contributed by atoms with Crippen LogP contribution in [0.5, 0.6) is 0 Å². The van der Waals surface area contributed by atoms with Gasteiger partial charge in [0.2, 0.25) is 5.91 Å². The number of rotatable bonds is 4. The molecule has 0 N–H and O–H groups in total. The SMILES string of the molecule is CCC1CN(C(=O)CCn2cnc3sc(C)c(C)c3c2=O)CCO1. The van der Waals surface area contributed by atoms with Crippen LogP contribution in [-0.4, -0.2) is 46.2 Å². The van der Waals surface area contributed by atoms with E-state index in [2.05, 4.69) is 11.9 Å². The summed E-state index contributed by atoms with van der Waals surface area (Å²) in [6.07, 6.45) is 2.90. The number of morpholine rings is 1. The monoisotopic (exact) mass is 349 g/mol. The predicted molar refractivity (Wildman–Crippen MR) is 94.6 cm³/mol. The Labute approximate surface area is 145 Å². The molecule has 130 valence electrons. The molecule has 1 fully saturated rings. The summed E-state index contributed by atoms with van der Waals surface area (Å²) in [6.45, 7) is 8.23. The van der Waals surface area contributed by atoms with Crippen molar-refractivity contribution in [1.82, 2.24) is 14.5 Å². The molecule has 1 aliphatic heterocycles. The largest absolute Gasteiger partial charge is 0.375 e. The van der Waals surface area contributed by atoms with Crippen LogP contribution in [0.15, 0.2) is 11.1 Å². The molecule has 2 aromatic heterocycles. The van der Waals surface area contributed by atoms with Crippen molar-refractivity contribution in [1.29, 1.82) is 0 Å². The second-order valence-electron chi connectivity index (χ2n) is 6.20. The fraction of sp³-hybridized carbons (Fsp3) is 0.588. The molecule has 2 aromatic rings. The van der Waals surface area contributed by atoms with Crippen molar-refractivity contribution in [2.75, 3.05) is 19.7 Å². The molecule has 6 nitrogen and oxygen atoms in total. The van der Waals surface area contributed by atoms with Crippen LogP contribution in [0.3, 0.4) is 0 Å². The number of aryl methyl sites for hydroxylation is 3. The zero-order chi connectivity index (χ0) is 17.3. The van der Waals surface area contributed by atoms with Gasteiger partial charge in [0.15, 0.2) is 0 Å². The summed E-state index contributed by atoms with van der Waals surface area (Å²) in [7, 11) is 0. The van der Waals surface area contributed by atoms with Gasteiger partial charge in [-0.2, -0.15) is 0 Å². The summed E-state index contributed by atoms with van der Waals surface area (Å²) in [6, 6.07) is 0. The quantitative estimate of drug-likeness (QED) is 0.848. The minimum absolute atomic E-state index is 0.0527. The van der Waals surface area contributed by atoms with Crippen molar-refractivity contribution in [2.45, 2.75) is 46.3 Å². The number of carbonyl (C=O) groups excluding carboxylic acids is 1. The summed E-state index contributed by atoms with van der Waals surface area (Å²) in [4.78, 5) is 33.2. The van der Waals surface area contributed by atoms with Crippen LogP contribution < -0.4 is 5.56 Å². The van der Waals surface area contributed by atoms with Crippen LogP contribution in [0.1, 0.15) is 30.2 Å². The van der Waals surface area contributed by atoms with Crippen LogP contribution in [-0.2, 0) is 16.1 Å². The lowest BCUT2D eigenvalue weighted by molar-refractivity contribution is -0.139. The van der Waals surface area contributed by atoms with E-state index in [1.807, 2.05) is 18.7 Å². The highest BCUT2D eigenvalue weighted by Gasteiger charge is 2.23. The van der Waals surface area contributed by atoms with Crippen molar-refractivity contribution < 1.29 is 9.53 Å². The van der Waals surface area contributed by atoms with Gasteiger partial charge in [-0.1, -0.05) is 6.92 Å². The number of hydrogen-bond acceptors (Lipinski definition) is 5. The zero-order valence-electron chi connectivity index (χ0n) is 14.4. The number of nitrogens with zero attached hydrogens (tertiary/aromatic N) is 3. The number of ether oxygens (including phenoxy) is 1. The van der Waals surface area contributed by atoms with E-state index in [1.165, 1.54) is 11.3 Å². The fourth-order valence-electron chi connectivity index (χ4n) is 3.00. The van der Waals surface area contributed by atoms with Gasteiger partial charge in [0.25, 0.3) is 5.56 Å². The molecule has 1 atom stereocenters. The van der Waals surface area contributed by atoms with E-state index < -0.39 is 0 Å². The van der Waals surface area contributed by atoms with E-state index >= 15 is 0 Å². The molecule has 0 aliphatic carbocycles. The molecule has 3 rings (SSSR count). The topological polar surface area (TPSA) is 64.4 Å². The van der Waals surface area contributed by atoms with Crippen LogP contribution in [0.4, 0.5) is 0 Å². The first-order valence-corrected chi connectivity index (χ1v) is 9.17. The van der Waals surface area contributed by atoms with Gasteiger partial charge in [0.05, 0.1) is 24.4 Å². The second kappa shape index (κ2) is 7.03. The third-order valence-electron chi connectivity index (χ3n) is 4.67. The van der Waals surface area contributed by atoms with E-state index in [9.17, 15) is 9.59 Å². The summed E-state index contributed by atoms with van der Waals surface area (Å²) in [5.41, 5.74) is 0.940. The summed E-state index contributed by atoms with van der Waals surface area (Å²) in [5.74, 6) is 0.0713. The fourth-order valence-corrected chi connectivity index (χ4v) is 3.98. The first-order chi connectivity index (χ1) is 11.5. The summed E-state index contributed by atoms with van der Waals surface area (Å²) < 4.78 is 7.15. The van der Waals surface area contributed by atoms with Gasteiger partial charge in [0.1, 0.15) is 4.83 Å². The third kappa shape index (κ3) is 3.23. The van der Waals surface area contributed by atoms with Gasteiger partial charge in [-0.05, 0) is 25.8 Å². The van der Waals surface area contributed by atoms with Crippen molar-refractivity contribution in [3.63, 3.8) is 0 Å². The normalized spacial score (nSPS) is 18.3. The Kier molecular flexibility index (Phi) is 5.01. The highest BCUT2D eigenvalue weighted by Crippen LogP contribution is 2.25. The Hall–Kier alpha value is -1.73. The maximum atomic E-state index is 12.6. The van der Waals surface area contributed by atoms with Gasteiger partial charge < -0.3 is 9.64 Å². The molecule has 1 saturated heterocycles. The molecule has 0 spiro atoms. The number of thiophene rings is 1. The van der Waals surface area contributed by atoms with E-state index in [0.717, 1.165) is 21.7 Å². The lowest BCUT2D eigenvalue weighted by atomic mass is 10.2. The first kappa shape index (κ1) is 17.1. The molecule has 7 heteroatoms. The molecule has 0 radical (unpaired) electrons. The molecular weight excluding hydrogens is 326 g/mol. The maximum absolute atomic E-state index is 12.6. The highest BCUT2D eigenvalue weighted by molar-refractivity contribution is 7.18. The van der Waals surface area contributed by atoms with Crippen LogP contribution >= 0.6 is 11.3 Å². The molecule has 0 bridgehead atoms. The van der Waals surface area contributed by atoms with E-state index in [1.54, 1.807) is 10.9 Å². The van der Waals surface area contributed by atoms with Crippen molar-refractivity contribution >= 4 is 27.5 Å². The van der Waals surface area contributed by atoms with Crippen molar-refractivity contribution in [3.8, 4) is 0 Å². The van der Waals surface area contributed by atoms with Crippen LogP contribution in [0, 0.1) is 13.8 Å². The predicted octanol–water partition coefficient (Wildman–Crippen LogP) is 2.10. The van der Waals surface area contributed by atoms with Gasteiger partial charge in [0, 0.05) is 30.9 Å². The Balaban J connectivity index is 1.71. The number of amides is 1. The van der Waals surface area contributed by atoms with Crippen LogP contribution in [0.2, 0.25) is 0 Å². The molecular formula is C17H23N3O3S. The Morgan fingerprint density at radius 3 is 3.00 bits per heavy atom. The van der Waals surface area contributed by atoms with Gasteiger partial charge >= 0.3 is 0 Å². The zero-order valence-corrected chi connectivity index (χ0v) is 15.2. The minimum Gasteiger partial charge on any atom is -0.375 e. The summed E-state index contributed by atoms with van der Waals surface area (Å²) >= 11 is 1.54. The number of hydrogen-bond donors (Lipinski definition) is 0. The lowest BCUT2D eigenvalue weighted by Crippen LogP contribution is -2.45. The van der Waals surface area contributed by atoms with Gasteiger partial charge in [-0.3, -0.25) is 14.2 Å². The minimum atomic E-state index is -0.0527. The van der Waals surface area contributed by atoms with Crippen molar-refractivity contribution in [2.24, 2.45) is 0 Å². The average Bonchev–Trinajstić information content (AvgIpc) is 2.89. The van der Waals surface area contributed by atoms with Gasteiger partial charge in [-0.25, -0.2) is 4.98 Å². The number of carbonyl (C=O) groups is 1. The number of fused-ring (bicyclic) bond motifs is 1. The van der Waals surface area contributed by atoms with Crippen LogP contribution in [0.25, 0.3) is 10.2 Å². The summed E-state index contributed by atoms with van der Waals surface area (Å²) in [5, 5.41) is 0.685. The lowest BCUT2D eigenvalue weighted by Gasteiger charge is -2.32. The Bertz CT molecular complexity index is 811. The average molecular weight is 349 g/mol. The van der Waals surface area contributed by atoms with E-state index in [-0.39, 0.29) is 17.6 Å². The van der Waals surface area contributed by atoms with E-state index in [0.29, 0.717) is 38.0 Å². The molecule has 3 heterocycles. The standard InChI is InChI=1S/C17H23N3O3S/c1-4-13-9-19(7-8-23-13)14(21)5-6-20-10-18-16-15(17(20)22)11(2)12(3)24-16/h10,13H,4-9H2,1-3H3. The molecule has 0 aromatic carbocycles. The first-order valence-electron chi connectivity index (χ1n) is 8.35. The molecule has 24 heavy (non-hydrogen) atoms. The molecule has 1 aliphatic rings. The van der Waals surface area contributed by atoms with E-state index in [4.69, 9.17) is 4.74 Å². The molecule has 1 unspecified atom stereocenters. The smallest absolute Gasteiger partial charge is 0.262 e. The van der Waals surface area contributed by atoms with Gasteiger partial charge in [-0.15, -0.1) is 11.3 Å². The Morgan fingerprint density at radius 2 is 2.25 bits per heavy atom. The second-order valence-corrected chi connectivity index (χ2v) is 7.40. The maximum Gasteiger partial charge on any atom is 0.262 e. The highest BCUT2D eigenvalue weighted by atomic mass is 32.1. The molecule has 1 amide bonds. The molecule has 0 saturated carbocycles.